The molecule has 0 aliphatic carbocycles. The predicted molar refractivity (Wildman–Crippen MR) is 88.1 cm³/mol. The van der Waals surface area contributed by atoms with Gasteiger partial charge in [0.15, 0.2) is 0 Å². The first-order valence-electron chi connectivity index (χ1n) is 6.89. The third-order valence-corrected chi connectivity index (χ3v) is 3.18. The van der Waals surface area contributed by atoms with Gasteiger partial charge in [-0.3, -0.25) is 0 Å². The molecule has 1 aromatic rings. The molecule has 0 unspecified atom stereocenters. The number of nitrogens with two attached hydrogens (primary N) is 1. The molecule has 0 radical (unpaired) electrons. The van der Waals surface area contributed by atoms with Crippen molar-refractivity contribution < 1.29 is 0 Å². The number of benzene rings is 1. The highest BCUT2D eigenvalue weighted by atomic mass is 15.1. The van der Waals surface area contributed by atoms with Crippen molar-refractivity contribution in [2.24, 2.45) is 5.73 Å². The smallest absolute Gasteiger partial charge is 0.0427 e. The minimum absolute atomic E-state index is 0.939. The van der Waals surface area contributed by atoms with E-state index in [0.717, 1.165) is 19.5 Å². The van der Waals surface area contributed by atoms with E-state index in [1.54, 1.807) is 0 Å². The number of nitrogens with zero attached hydrogens (tertiary/aromatic N) is 1. The van der Waals surface area contributed by atoms with Crippen LogP contribution < -0.4 is 5.73 Å². The topological polar surface area (TPSA) is 29.3 Å². The molecule has 2 N–H and O–H groups in total. The molecule has 0 saturated heterocycles. The molecule has 1 heterocycles. The van der Waals surface area contributed by atoms with Crippen molar-refractivity contribution >= 4 is 5.57 Å². The largest absolute Gasteiger partial charge is 0.369 e. The average Bonchev–Trinajstić information content (AvgIpc) is 2.89. The molecule has 2 heteroatoms. The Hall–Kier alpha value is -2.02. The van der Waals surface area contributed by atoms with E-state index >= 15 is 0 Å². The highest BCUT2D eigenvalue weighted by molar-refractivity contribution is 5.64. The molecule has 2 rings (SSSR count). The molecule has 0 fully saturated rings. The summed E-state index contributed by atoms with van der Waals surface area (Å²) in [6, 6.07) is 8.66. The van der Waals surface area contributed by atoms with Gasteiger partial charge in [0, 0.05) is 24.9 Å². The molecule has 20 heavy (non-hydrogen) atoms. The number of rotatable bonds is 4. The van der Waals surface area contributed by atoms with Crippen LogP contribution in [0.4, 0.5) is 0 Å². The first kappa shape index (κ1) is 16.0. The van der Waals surface area contributed by atoms with Gasteiger partial charge in [0.1, 0.15) is 0 Å². The van der Waals surface area contributed by atoms with E-state index in [2.05, 4.69) is 73.0 Å². The average molecular weight is 268 g/mol. The third-order valence-electron chi connectivity index (χ3n) is 3.18. The molecule has 0 bridgehead atoms. The predicted octanol–water partition coefficient (Wildman–Crippen LogP) is 3.73. The van der Waals surface area contributed by atoms with Gasteiger partial charge < -0.3 is 10.6 Å². The normalized spacial score (nSPS) is 12.8. The Morgan fingerprint density at radius 3 is 2.40 bits per heavy atom. The minimum Gasteiger partial charge on any atom is -0.369 e. The van der Waals surface area contributed by atoms with E-state index in [4.69, 9.17) is 0 Å². The summed E-state index contributed by atoms with van der Waals surface area (Å²) in [6.45, 7) is 11.7. The zero-order chi connectivity index (χ0) is 15.0. The molecule has 0 atom stereocenters. The Bertz CT molecular complexity index is 517. The second kappa shape index (κ2) is 8.21. The van der Waals surface area contributed by atoms with Crippen LogP contribution in [0.1, 0.15) is 24.5 Å². The summed E-state index contributed by atoms with van der Waals surface area (Å²) in [5.41, 5.74) is 12.4. The lowest BCUT2D eigenvalue weighted by atomic mass is 10.0. The fraction of sp³-hybridized carbons (Fsp3) is 0.278. The lowest BCUT2D eigenvalue weighted by Crippen LogP contribution is -2.14. The van der Waals surface area contributed by atoms with Crippen LogP contribution in [0.15, 0.2) is 61.0 Å². The second-order valence-corrected chi connectivity index (χ2v) is 4.58. The Morgan fingerprint density at radius 2 is 1.95 bits per heavy atom. The maximum absolute atomic E-state index is 4.50. The molecule has 1 aliphatic heterocycles. The van der Waals surface area contributed by atoms with Gasteiger partial charge >= 0.3 is 0 Å². The molecular formula is C18H24N2. The van der Waals surface area contributed by atoms with Gasteiger partial charge in [0.05, 0.1) is 0 Å². The highest BCUT2D eigenvalue weighted by Crippen LogP contribution is 2.19. The monoisotopic (exact) mass is 268 g/mol. The van der Waals surface area contributed by atoms with Gasteiger partial charge in [-0.15, -0.1) is 5.73 Å². The first-order valence-corrected chi connectivity index (χ1v) is 6.89. The van der Waals surface area contributed by atoms with Gasteiger partial charge in [-0.05, 0) is 36.2 Å². The van der Waals surface area contributed by atoms with Crippen molar-refractivity contribution in [2.75, 3.05) is 13.6 Å². The summed E-state index contributed by atoms with van der Waals surface area (Å²) in [4.78, 5) is 2.27. The molecule has 0 saturated carbocycles. The van der Waals surface area contributed by atoms with Gasteiger partial charge in [-0.25, -0.2) is 0 Å². The SMILES string of the molecule is C=C=C(CC)c1ccc(CN2C=CC(=C)C2)cc1.CN. The van der Waals surface area contributed by atoms with Crippen molar-refractivity contribution in [3.8, 4) is 0 Å². The van der Waals surface area contributed by atoms with Crippen molar-refractivity contribution in [2.45, 2.75) is 19.9 Å². The lowest BCUT2D eigenvalue weighted by Gasteiger charge is -2.15. The summed E-state index contributed by atoms with van der Waals surface area (Å²) >= 11 is 0. The van der Waals surface area contributed by atoms with Crippen LogP contribution >= 0.6 is 0 Å². The van der Waals surface area contributed by atoms with Crippen LogP contribution in [0.5, 0.6) is 0 Å². The first-order chi connectivity index (χ1) is 9.72. The Morgan fingerprint density at radius 1 is 1.30 bits per heavy atom. The Balaban J connectivity index is 0.000000956. The molecule has 2 nitrogen and oxygen atoms in total. The van der Waals surface area contributed by atoms with E-state index in [1.165, 1.54) is 29.3 Å². The second-order valence-electron chi connectivity index (χ2n) is 4.58. The summed E-state index contributed by atoms with van der Waals surface area (Å²) in [5.74, 6) is 0. The third kappa shape index (κ3) is 4.27. The number of allylic oxidation sites excluding steroid dienone is 1. The summed E-state index contributed by atoms with van der Waals surface area (Å²) in [7, 11) is 1.50. The van der Waals surface area contributed by atoms with Crippen molar-refractivity contribution in [1.82, 2.24) is 4.90 Å². The maximum atomic E-state index is 4.50. The van der Waals surface area contributed by atoms with E-state index in [1.807, 2.05) is 0 Å². The molecular weight excluding hydrogens is 244 g/mol. The van der Waals surface area contributed by atoms with Crippen molar-refractivity contribution in [1.29, 1.82) is 0 Å². The zero-order valence-corrected chi connectivity index (χ0v) is 12.5. The van der Waals surface area contributed by atoms with Gasteiger partial charge in [-0.2, -0.15) is 0 Å². The van der Waals surface area contributed by atoms with Crippen molar-refractivity contribution in [3.05, 3.63) is 72.1 Å². The van der Waals surface area contributed by atoms with Crippen LogP contribution in [0.25, 0.3) is 5.57 Å². The van der Waals surface area contributed by atoms with Crippen LogP contribution in [-0.2, 0) is 6.54 Å². The van der Waals surface area contributed by atoms with Gasteiger partial charge in [-0.1, -0.05) is 44.3 Å². The summed E-state index contributed by atoms with van der Waals surface area (Å²) in [5, 5.41) is 0. The highest BCUT2D eigenvalue weighted by Gasteiger charge is 2.08. The maximum Gasteiger partial charge on any atom is 0.0427 e. The quantitative estimate of drug-likeness (QED) is 0.843. The van der Waals surface area contributed by atoms with Crippen LogP contribution in [0.2, 0.25) is 0 Å². The fourth-order valence-electron chi connectivity index (χ4n) is 2.16. The molecule has 0 aromatic heterocycles. The molecule has 106 valence electrons. The van der Waals surface area contributed by atoms with E-state index in [9.17, 15) is 0 Å². The summed E-state index contributed by atoms with van der Waals surface area (Å²) in [6.07, 6.45) is 5.15. The van der Waals surface area contributed by atoms with Gasteiger partial charge in [0.25, 0.3) is 0 Å². The van der Waals surface area contributed by atoms with E-state index in [0.29, 0.717) is 0 Å². The van der Waals surface area contributed by atoms with Gasteiger partial charge in [0.2, 0.25) is 0 Å². The molecule has 1 aromatic carbocycles. The molecule has 1 aliphatic rings. The standard InChI is InChI=1S/C17H19N.CH5N/c1-4-16(5-2)17-8-6-15(7-9-17)13-18-11-10-14(3)12-18;1-2/h6-11H,1,3,5,12-13H2,2H3;2H2,1H3. The molecule has 0 amide bonds. The fourth-order valence-corrected chi connectivity index (χ4v) is 2.16. The zero-order valence-electron chi connectivity index (χ0n) is 12.5. The Kier molecular flexibility index (Phi) is 6.58. The Labute approximate surface area is 122 Å². The lowest BCUT2D eigenvalue weighted by molar-refractivity contribution is 0.420. The van der Waals surface area contributed by atoms with E-state index in [-0.39, 0.29) is 0 Å². The summed E-state index contributed by atoms with van der Waals surface area (Å²) < 4.78 is 0. The molecule has 0 spiro atoms. The van der Waals surface area contributed by atoms with Crippen LogP contribution in [0, 0.1) is 0 Å². The minimum atomic E-state index is 0.939. The van der Waals surface area contributed by atoms with Crippen LogP contribution in [0.3, 0.4) is 0 Å². The van der Waals surface area contributed by atoms with Crippen LogP contribution in [-0.4, -0.2) is 18.5 Å². The van der Waals surface area contributed by atoms with E-state index < -0.39 is 0 Å². The number of hydrogen-bond acceptors (Lipinski definition) is 2. The van der Waals surface area contributed by atoms with Crippen molar-refractivity contribution in [3.63, 3.8) is 0 Å². The number of hydrogen-bond donors (Lipinski definition) is 1.